The first-order chi connectivity index (χ1) is 29.5. The van der Waals surface area contributed by atoms with Crippen LogP contribution in [-0.4, -0.2) is 79.2 Å². The molecule has 2 fully saturated rings. The highest BCUT2D eigenvalue weighted by molar-refractivity contribution is 6.12. The molecule has 314 valence electrons. The fraction of sp³-hybridized carbons (Fsp3) is 0.286. The topological polar surface area (TPSA) is 146 Å². The number of nitrogens with two attached hydrogens (primary N) is 1. The highest BCUT2D eigenvalue weighted by atomic mass is 19.1. The normalized spacial score (nSPS) is 16.1. The molecule has 0 aromatic heterocycles. The lowest BCUT2D eigenvalue weighted by Crippen LogP contribution is -2.40. The summed E-state index contributed by atoms with van der Waals surface area (Å²) in [7, 11) is 1.33. The summed E-state index contributed by atoms with van der Waals surface area (Å²) in [6.07, 6.45) is 1.22. The van der Waals surface area contributed by atoms with Gasteiger partial charge in [0.05, 0.1) is 31.5 Å². The summed E-state index contributed by atoms with van der Waals surface area (Å²) in [6.45, 7) is 6.80. The third-order valence-electron chi connectivity index (χ3n) is 12.1. The third-order valence-corrected chi connectivity index (χ3v) is 12.1. The van der Waals surface area contributed by atoms with Gasteiger partial charge in [0.2, 0.25) is 0 Å². The molecule has 2 amide bonds. The summed E-state index contributed by atoms with van der Waals surface area (Å²) in [5, 5.41) is 19.7. The number of ether oxygens (including phenoxy) is 2. The fourth-order valence-corrected chi connectivity index (χ4v) is 8.88. The summed E-state index contributed by atoms with van der Waals surface area (Å²) in [4.78, 5) is 44.5. The molecule has 0 radical (unpaired) electrons. The fourth-order valence-electron chi connectivity index (χ4n) is 8.88. The van der Waals surface area contributed by atoms with Gasteiger partial charge >= 0.3 is 5.97 Å². The minimum absolute atomic E-state index is 0.0421. The van der Waals surface area contributed by atoms with Crippen LogP contribution in [0.3, 0.4) is 0 Å². The van der Waals surface area contributed by atoms with E-state index < -0.39 is 18.0 Å². The van der Waals surface area contributed by atoms with E-state index in [0.29, 0.717) is 79.3 Å². The second kappa shape index (κ2) is 17.7. The Morgan fingerprint density at radius 3 is 2.18 bits per heavy atom. The Morgan fingerprint density at radius 2 is 1.46 bits per heavy atom. The van der Waals surface area contributed by atoms with E-state index >= 15 is 4.39 Å². The van der Waals surface area contributed by atoms with Gasteiger partial charge in [-0.3, -0.25) is 9.59 Å². The first-order valence-corrected chi connectivity index (χ1v) is 20.7. The van der Waals surface area contributed by atoms with Crippen molar-refractivity contribution in [1.29, 1.82) is 0 Å². The number of methoxy groups -OCH3 is 1. The predicted molar refractivity (Wildman–Crippen MR) is 236 cm³/mol. The Hall–Kier alpha value is -6.34. The molecule has 5 N–H and O–H groups in total. The maximum Gasteiger partial charge on any atom is 0.337 e. The molecule has 61 heavy (non-hydrogen) atoms. The van der Waals surface area contributed by atoms with Crippen molar-refractivity contribution < 1.29 is 33.4 Å². The Morgan fingerprint density at radius 1 is 0.803 bits per heavy atom. The van der Waals surface area contributed by atoms with Crippen LogP contribution in [0.15, 0.2) is 97.1 Å². The average molecular weight is 824 g/mol. The van der Waals surface area contributed by atoms with E-state index in [9.17, 15) is 19.5 Å². The van der Waals surface area contributed by atoms with Gasteiger partial charge in [-0.2, -0.15) is 0 Å². The van der Waals surface area contributed by atoms with E-state index in [1.165, 1.54) is 13.2 Å². The van der Waals surface area contributed by atoms with Crippen molar-refractivity contribution in [1.82, 2.24) is 9.80 Å². The smallest absolute Gasteiger partial charge is 0.337 e. The first-order valence-electron chi connectivity index (χ1n) is 20.7. The lowest BCUT2D eigenvalue weighted by Gasteiger charge is -2.34. The Bertz CT molecular complexity index is 2660. The number of halogens is 1. The number of aryl methyl sites for hydroxylation is 1. The molecule has 11 nitrogen and oxygen atoms in total. The van der Waals surface area contributed by atoms with Crippen molar-refractivity contribution in [3.05, 3.63) is 142 Å². The number of rotatable bonds is 10. The quantitative estimate of drug-likeness (QED) is 0.0789. The number of nitrogens with zero attached hydrogens (tertiary/aromatic N) is 2. The molecule has 0 spiro atoms. The molecule has 6 aromatic rings. The van der Waals surface area contributed by atoms with Gasteiger partial charge in [0, 0.05) is 70.7 Å². The molecular formula is C49H50FN5O6. The number of hydrogen-bond acceptors (Lipinski definition) is 9. The number of hydrogen-bond donors (Lipinski definition) is 4. The maximum absolute atomic E-state index is 15.7. The van der Waals surface area contributed by atoms with Crippen LogP contribution in [0.5, 0.6) is 0 Å². The number of aliphatic hydroxyl groups excluding tert-OH is 1. The van der Waals surface area contributed by atoms with Crippen LogP contribution in [-0.2, 0) is 15.9 Å². The number of amides is 2. The summed E-state index contributed by atoms with van der Waals surface area (Å²) in [5.41, 5.74) is 13.3. The van der Waals surface area contributed by atoms with Crippen LogP contribution in [0.4, 0.5) is 27.1 Å². The van der Waals surface area contributed by atoms with Gasteiger partial charge < -0.3 is 40.7 Å². The zero-order valence-electron chi connectivity index (χ0n) is 34.6. The highest BCUT2D eigenvalue weighted by Crippen LogP contribution is 2.37. The molecule has 6 aromatic carbocycles. The third kappa shape index (κ3) is 8.39. The van der Waals surface area contributed by atoms with Crippen molar-refractivity contribution in [2.75, 3.05) is 57.1 Å². The molecular weight excluding hydrogens is 774 g/mol. The van der Waals surface area contributed by atoms with Crippen molar-refractivity contribution >= 4 is 62.1 Å². The van der Waals surface area contributed by atoms with E-state index in [4.69, 9.17) is 15.2 Å². The summed E-state index contributed by atoms with van der Waals surface area (Å²) < 4.78 is 26.2. The van der Waals surface area contributed by atoms with E-state index in [1.807, 2.05) is 67.3 Å². The van der Waals surface area contributed by atoms with E-state index in [1.54, 1.807) is 47.4 Å². The Labute approximate surface area is 354 Å². The number of morpholine rings is 1. The first kappa shape index (κ1) is 41.4. The van der Waals surface area contributed by atoms with E-state index in [0.717, 1.165) is 51.7 Å². The molecule has 0 bridgehead atoms. The van der Waals surface area contributed by atoms with Crippen LogP contribution in [0, 0.1) is 25.6 Å². The van der Waals surface area contributed by atoms with Crippen LogP contribution >= 0.6 is 0 Å². The molecule has 12 heteroatoms. The van der Waals surface area contributed by atoms with Gasteiger partial charge in [-0.25, -0.2) is 9.18 Å². The average Bonchev–Trinajstić information content (AvgIpc) is 3.27. The number of aliphatic hydroxyl groups is 1. The summed E-state index contributed by atoms with van der Waals surface area (Å²) >= 11 is 0. The monoisotopic (exact) mass is 823 g/mol. The summed E-state index contributed by atoms with van der Waals surface area (Å²) in [6, 6.07) is 29.0. The van der Waals surface area contributed by atoms with E-state index in [2.05, 4.69) is 10.6 Å². The number of carbonyl (C=O) groups is 3. The van der Waals surface area contributed by atoms with Gasteiger partial charge in [0.1, 0.15) is 12.0 Å². The highest BCUT2D eigenvalue weighted by Gasteiger charge is 2.28. The van der Waals surface area contributed by atoms with Crippen molar-refractivity contribution in [3.63, 3.8) is 0 Å². The van der Waals surface area contributed by atoms with Crippen molar-refractivity contribution in [3.8, 4) is 0 Å². The number of likely N-dealkylation sites (tertiary alicyclic amines) is 1. The maximum atomic E-state index is 15.7. The Kier molecular flexibility index (Phi) is 12.0. The van der Waals surface area contributed by atoms with Crippen molar-refractivity contribution in [2.24, 2.45) is 11.7 Å². The van der Waals surface area contributed by atoms with Crippen LogP contribution in [0.1, 0.15) is 72.4 Å². The number of carbonyl (C=O) groups excluding carboxylic acids is 3. The second-order valence-electron chi connectivity index (χ2n) is 15.9. The van der Waals surface area contributed by atoms with Gasteiger partial charge in [-0.1, -0.05) is 48.5 Å². The lowest BCUT2D eigenvalue weighted by molar-refractivity contribution is 0.0304. The standard InChI is InChI=1S/C49H50FN5O6/c1-29-8-4-11-35-41(52-40-14-6-10-34(30(40)2)46(51)56)19-17-37(44(29)35)48(58)55-21-7-9-31(28-55)26-32-15-16-33(49(59)60-3)27-43(32)53-42-20-18-38(45-36(42)12-5-13-39(45)50)47(57)54-22-24-61-25-23-54/h4-6,8,10-20,27,31,46,52-53,56H,7,9,21-26,28,51H2,1-3H3. The van der Waals surface area contributed by atoms with Gasteiger partial charge in [0.15, 0.2) is 0 Å². The molecule has 2 saturated heterocycles. The largest absolute Gasteiger partial charge is 0.465 e. The minimum Gasteiger partial charge on any atom is -0.465 e. The van der Waals surface area contributed by atoms with Crippen molar-refractivity contribution in [2.45, 2.75) is 39.3 Å². The zero-order chi connectivity index (χ0) is 42.8. The number of nitrogens with one attached hydrogen (secondary N) is 2. The molecule has 8 rings (SSSR count). The molecule has 2 heterocycles. The lowest BCUT2D eigenvalue weighted by atomic mass is 9.89. The number of benzene rings is 6. The second-order valence-corrected chi connectivity index (χ2v) is 15.9. The summed E-state index contributed by atoms with van der Waals surface area (Å²) in [5.74, 6) is -1.19. The van der Waals surface area contributed by atoms with Gasteiger partial charge in [0.25, 0.3) is 11.8 Å². The van der Waals surface area contributed by atoms with Crippen LogP contribution in [0.2, 0.25) is 0 Å². The molecule has 0 aliphatic carbocycles. The Balaban J connectivity index is 1.07. The number of fused-ring (bicyclic) bond motifs is 2. The molecule has 0 saturated carbocycles. The zero-order valence-corrected chi connectivity index (χ0v) is 34.6. The van der Waals surface area contributed by atoms with Crippen LogP contribution < -0.4 is 16.4 Å². The number of anilines is 4. The molecule has 2 aliphatic heterocycles. The van der Waals surface area contributed by atoms with Gasteiger partial charge in [-0.05, 0) is 115 Å². The minimum atomic E-state index is -1.10. The molecule has 2 aliphatic rings. The van der Waals surface area contributed by atoms with Crippen LogP contribution in [0.25, 0.3) is 21.5 Å². The van der Waals surface area contributed by atoms with Gasteiger partial charge in [-0.15, -0.1) is 0 Å². The number of piperidine rings is 1. The number of esters is 1. The molecule has 2 unspecified atom stereocenters. The molecule has 2 atom stereocenters. The SMILES string of the molecule is COC(=O)c1ccc(CC2CCCN(C(=O)c3ccc(Nc4cccc(C(N)O)c4C)c4cccc(C)c34)C2)c(Nc2ccc(C(=O)N3CCOCC3)c3c(F)cccc23)c1. The predicted octanol–water partition coefficient (Wildman–Crippen LogP) is 8.54. The van der Waals surface area contributed by atoms with E-state index in [-0.39, 0.29) is 28.7 Å².